The van der Waals surface area contributed by atoms with Gasteiger partial charge in [-0.2, -0.15) is 0 Å². The second kappa shape index (κ2) is 26.6. The molecule has 0 N–H and O–H groups in total. The van der Waals surface area contributed by atoms with Gasteiger partial charge in [-0.25, -0.2) is 0 Å². The Bertz CT molecular complexity index is 343. The Morgan fingerprint density at radius 3 is 0.636 bits per heavy atom. The molecule has 0 amide bonds. The van der Waals surface area contributed by atoms with Gasteiger partial charge in [-0.05, 0) is 12.8 Å². The number of rotatable bonds is 28. The molecule has 0 saturated heterocycles. The van der Waals surface area contributed by atoms with Crippen molar-refractivity contribution in [1.29, 1.82) is 0 Å². The van der Waals surface area contributed by atoms with E-state index in [2.05, 4.69) is 28.1 Å². The van der Waals surface area contributed by atoms with Crippen molar-refractivity contribution in [2.24, 2.45) is 0 Å². The molecule has 0 saturated carbocycles. The Labute approximate surface area is 212 Å². The first-order valence-corrected chi connectivity index (χ1v) is 15.9. The van der Waals surface area contributed by atoms with Gasteiger partial charge in [0.25, 0.3) is 0 Å². The maximum absolute atomic E-state index is 2.31. The average molecular weight is 467 g/mol. The van der Waals surface area contributed by atoms with Crippen molar-refractivity contribution >= 4 is 0 Å². The summed E-state index contributed by atoms with van der Waals surface area (Å²) in [5.74, 6) is 0. The molecule has 0 heterocycles. The average Bonchev–Trinajstić information content (AvgIpc) is 2.78. The summed E-state index contributed by atoms with van der Waals surface area (Å²) < 4.78 is 1.12. The zero-order chi connectivity index (χ0) is 24.3. The fourth-order valence-corrected chi connectivity index (χ4v) is 5.08. The monoisotopic (exact) mass is 467 g/mol. The molecule has 0 aliphatic rings. The first-order chi connectivity index (χ1) is 16.1. The predicted octanol–water partition coefficient (Wildman–Crippen LogP) is 11.2. The number of hydrogen-bond donors (Lipinski definition) is 0. The van der Waals surface area contributed by atoms with Crippen molar-refractivity contribution in [2.45, 2.75) is 180 Å². The lowest BCUT2D eigenvalue weighted by atomic mass is 10.0. The van der Waals surface area contributed by atoms with E-state index < -0.39 is 0 Å². The highest BCUT2D eigenvalue weighted by Gasteiger charge is 2.05. The van der Waals surface area contributed by atoms with E-state index in [1.54, 1.807) is 0 Å². The molecule has 1 nitrogen and oxygen atoms in total. The number of nitrogens with zero attached hydrogens (tertiary/aromatic N) is 1. The van der Waals surface area contributed by atoms with Gasteiger partial charge in [0.1, 0.15) is 0 Å². The summed E-state index contributed by atoms with van der Waals surface area (Å²) in [6, 6.07) is 0. The minimum Gasteiger partial charge on any atom is -0.331 e. The van der Waals surface area contributed by atoms with Gasteiger partial charge >= 0.3 is 0 Å². The van der Waals surface area contributed by atoms with Crippen LogP contribution in [-0.2, 0) is 0 Å². The SMILES string of the molecule is CCCCCCCCCCCCCCCCCCCCCCCCCCCCC[N+](C)(C)C. The molecule has 1 heteroatoms. The molecule has 33 heavy (non-hydrogen) atoms. The molecule has 0 radical (unpaired) electrons. The third-order valence-electron chi connectivity index (χ3n) is 7.43. The van der Waals surface area contributed by atoms with Crippen molar-refractivity contribution in [3.05, 3.63) is 0 Å². The Balaban J connectivity index is 3.03. The van der Waals surface area contributed by atoms with E-state index in [1.165, 1.54) is 180 Å². The molecule has 0 aromatic rings. The van der Waals surface area contributed by atoms with Gasteiger partial charge in [-0.15, -0.1) is 0 Å². The lowest BCUT2D eigenvalue weighted by molar-refractivity contribution is -0.870. The number of hydrogen-bond acceptors (Lipinski definition) is 0. The Kier molecular flexibility index (Phi) is 26.5. The zero-order valence-electron chi connectivity index (χ0n) is 24.2. The minimum atomic E-state index is 1.12. The van der Waals surface area contributed by atoms with Crippen LogP contribution in [0.5, 0.6) is 0 Å². The normalized spacial score (nSPS) is 12.0. The molecule has 0 aliphatic carbocycles. The first kappa shape index (κ1) is 33.0. The maximum Gasteiger partial charge on any atom is 0.0780 e. The quantitative estimate of drug-likeness (QED) is 0.0794. The highest BCUT2D eigenvalue weighted by Crippen LogP contribution is 2.16. The van der Waals surface area contributed by atoms with Crippen LogP contribution in [0.3, 0.4) is 0 Å². The predicted molar refractivity (Wildman–Crippen MR) is 153 cm³/mol. The van der Waals surface area contributed by atoms with Crippen LogP contribution >= 0.6 is 0 Å². The molecule has 0 aromatic heterocycles. The summed E-state index contributed by atoms with van der Waals surface area (Å²) in [4.78, 5) is 0. The van der Waals surface area contributed by atoms with Crippen LogP contribution in [0.15, 0.2) is 0 Å². The maximum atomic E-state index is 2.31. The third-order valence-corrected chi connectivity index (χ3v) is 7.43. The molecule has 200 valence electrons. The minimum absolute atomic E-state index is 1.12. The van der Waals surface area contributed by atoms with E-state index in [0.717, 1.165) is 4.48 Å². The molecule has 0 aromatic carbocycles. The summed E-state index contributed by atoms with van der Waals surface area (Å²) in [6.45, 7) is 3.64. The molecular formula is C32H68N+. The Morgan fingerprint density at radius 2 is 0.455 bits per heavy atom. The first-order valence-electron chi connectivity index (χ1n) is 15.9. The van der Waals surface area contributed by atoms with Crippen molar-refractivity contribution in [2.75, 3.05) is 27.7 Å². The lowest BCUT2D eigenvalue weighted by Gasteiger charge is -2.23. The zero-order valence-corrected chi connectivity index (χ0v) is 24.2. The van der Waals surface area contributed by atoms with E-state index in [9.17, 15) is 0 Å². The van der Waals surface area contributed by atoms with Crippen molar-refractivity contribution < 1.29 is 4.48 Å². The van der Waals surface area contributed by atoms with E-state index in [1.807, 2.05) is 0 Å². The van der Waals surface area contributed by atoms with E-state index in [0.29, 0.717) is 0 Å². The molecule has 0 bridgehead atoms. The summed E-state index contributed by atoms with van der Waals surface area (Å²) in [5, 5.41) is 0. The van der Waals surface area contributed by atoms with Crippen LogP contribution in [0.1, 0.15) is 180 Å². The van der Waals surface area contributed by atoms with Crippen LogP contribution in [0.4, 0.5) is 0 Å². The Hall–Kier alpha value is -0.0400. The van der Waals surface area contributed by atoms with Gasteiger partial charge in [0, 0.05) is 0 Å². The topological polar surface area (TPSA) is 0 Å². The molecule has 0 aliphatic heterocycles. The van der Waals surface area contributed by atoms with Crippen LogP contribution in [-0.4, -0.2) is 32.2 Å². The van der Waals surface area contributed by atoms with E-state index in [-0.39, 0.29) is 0 Å². The van der Waals surface area contributed by atoms with Crippen LogP contribution < -0.4 is 0 Å². The fraction of sp³-hybridized carbons (Fsp3) is 1.00. The standard InChI is InChI=1S/C32H68N/c1-5-6-7-8-9-10-11-12-13-14-15-16-17-18-19-20-21-22-23-24-25-26-27-28-29-30-31-32-33(2,3)4/h5-32H2,1-4H3/q+1. The van der Waals surface area contributed by atoms with Crippen LogP contribution in [0.2, 0.25) is 0 Å². The van der Waals surface area contributed by atoms with Gasteiger partial charge in [-0.3, -0.25) is 0 Å². The smallest absolute Gasteiger partial charge is 0.0780 e. The van der Waals surface area contributed by atoms with Gasteiger partial charge < -0.3 is 4.48 Å². The summed E-state index contributed by atoms with van der Waals surface area (Å²) in [7, 11) is 6.92. The number of unbranched alkanes of at least 4 members (excludes halogenated alkanes) is 26. The summed E-state index contributed by atoms with van der Waals surface area (Å²) in [6.07, 6.45) is 39.8. The number of quaternary nitrogens is 1. The highest BCUT2D eigenvalue weighted by molar-refractivity contribution is 4.52. The van der Waals surface area contributed by atoms with E-state index >= 15 is 0 Å². The van der Waals surface area contributed by atoms with Gasteiger partial charge in [0.05, 0.1) is 27.7 Å². The summed E-state index contributed by atoms with van der Waals surface area (Å²) in [5.41, 5.74) is 0. The molecular weight excluding hydrogens is 398 g/mol. The third kappa shape index (κ3) is 32.0. The second-order valence-electron chi connectivity index (χ2n) is 12.2. The molecule has 0 spiro atoms. The largest absolute Gasteiger partial charge is 0.331 e. The van der Waals surface area contributed by atoms with Gasteiger partial charge in [0.15, 0.2) is 0 Å². The lowest BCUT2D eigenvalue weighted by Crippen LogP contribution is -2.35. The van der Waals surface area contributed by atoms with Crippen molar-refractivity contribution in [1.82, 2.24) is 0 Å². The molecule has 0 unspecified atom stereocenters. The van der Waals surface area contributed by atoms with Crippen molar-refractivity contribution in [3.8, 4) is 0 Å². The highest BCUT2D eigenvalue weighted by atomic mass is 15.3. The molecule has 0 fully saturated rings. The van der Waals surface area contributed by atoms with Crippen molar-refractivity contribution in [3.63, 3.8) is 0 Å². The van der Waals surface area contributed by atoms with Crippen LogP contribution in [0, 0.1) is 0 Å². The molecule has 0 atom stereocenters. The van der Waals surface area contributed by atoms with Gasteiger partial charge in [0.2, 0.25) is 0 Å². The van der Waals surface area contributed by atoms with Crippen LogP contribution in [0.25, 0.3) is 0 Å². The second-order valence-corrected chi connectivity index (χ2v) is 12.2. The van der Waals surface area contributed by atoms with E-state index in [4.69, 9.17) is 0 Å². The van der Waals surface area contributed by atoms with Gasteiger partial charge in [-0.1, -0.05) is 167 Å². The summed E-state index contributed by atoms with van der Waals surface area (Å²) >= 11 is 0. The fourth-order valence-electron chi connectivity index (χ4n) is 5.08. The Morgan fingerprint density at radius 1 is 0.273 bits per heavy atom. The molecule has 0 rings (SSSR count).